The highest BCUT2D eigenvalue weighted by Gasteiger charge is 2.22. The van der Waals surface area contributed by atoms with E-state index in [4.69, 9.17) is 4.98 Å². The summed E-state index contributed by atoms with van der Waals surface area (Å²) in [5.74, 6) is 1.83. The van der Waals surface area contributed by atoms with Crippen molar-refractivity contribution in [3.8, 4) is 0 Å². The second-order valence-corrected chi connectivity index (χ2v) is 7.43. The summed E-state index contributed by atoms with van der Waals surface area (Å²) < 4.78 is 1.19. The highest BCUT2D eigenvalue weighted by molar-refractivity contribution is 7.26. The summed E-state index contributed by atoms with van der Waals surface area (Å²) in [6.07, 6.45) is 4.27. The van der Waals surface area contributed by atoms with Gasteiger partial charge in [0, 0.05) is 24.2 Å². The summed E-state index contributed by atoms with van der Waals surface area (Å²) >= 11 is 1.73. The quantitative estimate of drug-likeness (QED) is 0.678. The van der Waals surface area contributed by atoms with Crippen LogP contribution in [0, 0.1) is 19.8 Å². The highest BCUT2D eigenvalue weighted by atomic mass is 32.1. The maximum absolute atomic E-state index is 4.71. The molecule has 5 heteroatoms. The molecule has 1 fully saturated rings. The van der Waals surface area contributed by atoms with Crippen LogP contribution >= 0.6 is 11.3 Å². The van der Waals surface area contributed by atoms with Gasteiger partial charge in [-0.15, -0.1) is 11.3 Å². The number of thiophene rings is 1. The molecular formula is C17H20N4S. The van der Waals surface area contributed by atoms with Crippen LogP contribution in [0.2, 0.25) is 0 Å². The number of nitrogens with zero attached hydrogens (tertiary/aromatic N) is 4. The summed E-state index contributed by atoms with van der Waals surface area (Å²) in [5, 5.41) is 1.19. The van der Waals surface area contributed by atoms with Gasteiger partial charge in [-0.1, -0.05) is 6.92 Å². The van der Waals surface area contributed by atoms with E-state index in [2.05, 4.69) is 41.7 Å². The van der Waals surface area contributed by atoms with E-state index in [0.717, 1.165) is 40.9 Å². The van der Waals surface area contributed by atoms with Gasteiger partial charge in [0.15, 0.2) is 0 Å². The smallest absolute Gasteiger partial charge is 0.150 e. The third kappa shape index (κ3) is 2.15. The number of fused-ring (bicyclic) bond motifs is 3. The molecule has 114 valence electrons. The molecule has 4 nitrogen and oxygen atoms in total. The number of pyridine rings is 1. The Hall–Kier alpha value is -1.75. The maximum atomic E-state index is 4.71. The van der Waals surface area contributed by atoms with Crippen LogP contribution < -0.4 is 4.90 Å². The van der Waals surface area contributed by atoms with Crippen molar-refractivity contribution in [3.05, 3.63) is 23.7 Å². The van der Waals surface area contributed by atoms with Crippen molar-refractivity contribution >= 4 is 37.6 Å². The Balaban J connectivity index is 1.95. The van der Waals surface area contributed by atoms with Crippen LogP contribution in [0.3, 0.4) is 0 Å². The molecule has 0 bridgehead atoms. The molecule has 0 amide bonds. The van der Waals surface area contributed by atoms with E-state index in [9.17, 15) is 0 Å². The summed E-state index contributed by atoms with van der Waals surface area (Å²) in [5.41, 5.74) is 3.39. The van der Waals surface area contributed by atoms with E-state index in [1.54, 1.807) is 17.7 Å². The molecule has 4 rings (SSSR count). The molecule has 3 aromatic heterocycles. The predicted octanol–water partition coefficient (Wildman–Crippen LogP) is 4.09. The van der Waals surface area contributed by atoms with Crippen molar-refractivity contribution in [2.45, 2.75) is 33.6 Å². The third-order valence-electron chi connectivity index (χ3n) is 4.49. The van der Waals surface area contributed by atoms with Crippen LogP contribution in [0.1, 0.15) is 31.0 Å². The van der Waals surface area contributed by atoms with Gasteiger partial charge < -0.3 is 4.90 Å². The van der Waals surface area contributed by atoms with Gasteiger partial charge in [0.2, 0.25) is 0 Å². The maximum Gasteiger partial charge on any atom is 0.150 e. The molecular weight excluding hydrogens is 292 g/mol. The minimum absolute atomic E-state index is 0.732. The molecule has 0 aromatic carbocycles. The number of rotatable bonds is 1. The number of hydrogen-bond acceptors (Lipinski definition) is 5. The molecule has 0 radical (unpaired) electrons. The van der Waals surface area contributed by atoms with Crippen LogP contribution in [0.15, 0.2) is 12.4 Å². The lowest BCUT2D eigenvalue weighted by atomic mass is 10.0. The summed E-state index contributed by atoms with van der Waals surface area (Å²) in [4.78, 5) is 17.4. The molecule has 0 aliphatic carbocycles. The molecule has 0 spiro atoms. The molecule has 3 aromatic rings. The van der Waals surface area contributed by atoms with E-state index < -0.39 is 0 Å². The molecule has 1 aliphatic rings. The van der Waals surface area contributed by atoms with Crippen LogP contribution in [-0.4, -0.2) is 28.0 Å². The Morgan fingerprint density at radius 1 is 1.27 bits per heavy atom. The van der Waals surface area contributed by atoms with Crippen molar-refractivity contribution in [2.24, 2.45) is 5.92 Å². The monoisotopic (exact) mass is 312 g/mol. The fourth-order valence-electron chi connectivity index (χ4n) is 3.50. The van der Waals surface area contributed by atoms with Gasteiger partial charge in [0.1, 0.15) is 17.0 Å². The molecule has 1 aliphatic heterocycles. The molecule has 0 N–H and O–H groups in total. The van der Waals surface area contributed by atoms with Crippen molar-refractivity contribution in [1.29, 1.82) is 0 Å². The zero-order chi connectivity index (χ0) is 15.3. The first kappa shape index (κ1) is 13.9. The first-order chi connectivity index (χ1) is 10.6. The van der Waals surface area contributed by atoms with Gasteiger partial charge in [-0.3, -0.25) is 0 Å². The molecule has 1 unspecified atom stereocenters. The summed E-state index contributed by atoms with van der Waals surface area (Å²) in [6, 6.07) is 2.14. The second-order valence-electron chi connectivity index (χ2n) is 6.43. The minimum Gasteiger partial charge on any atom is -0.355 e. The zero-order valence-electron chi connectivity index (χ0n) is 13.3. The van der Waals surface area contributed by atoms with Crippen molar-refractivity contribution in [3.63, 3.8) is 0 Å². The predicted molar refractivity (Wildman–Crippen MR) is 92.8 cm³/mol. The Bertz CT molecular complexity index is 855. The molecule has 4 heterocycles. The summed E-state index contributed by atoms with van der Waals surface area (Å²) in [7, 11) is 0. The van der Waals surface area contributed by atoms with Gasteiger partial charge in [-0.2, -0.15) is 0 Å². The van der Waals surface area contributed by atoms with Crippen molar-refractivity contribution in [1.82, 2.24) is 15.0 Å². The van der Waals surface area contributed by atoms with Crippen molar-refractivity contribution < 1.29 is 0 Å². The molecule has 1 atom stereocenters. The molecule has 1 saturated heterocycles. The van der Waals surface area contributed by atoms with Crippen LogP contribution in [-0.2, 0) is 0 Å². The highest BCUT2D eigenvalue weighted by Crippen LogP contribution is 2.38. The first-order valence-corrected chi connectivity index (χ1v) is 8.71. The normalized spacial score (nSPS) is 19.2. The number of aryl methyl sites for hydroxylation is 2. The fourth-order valence-corrected chi connectivity index (χ4v) is 4.77. The standard InChI is InChI=1S/C17H20N4S/c1-10-5-4-6-21(8-10)16-15-14(18-9-19-16)13-11(2)7-12(3)20-17(13)22-15/h7,9-10H,4-6,8H2,1-3H3. The number of hydrogen-bond donors (Lipinski definition) is 0. The van der Waals surface area contributed by atoms with Crippen LogP contribution in [0.5, 0.6) is 0 Å². The fraction of sp³-hybridized carbons (Fsp3) is 0.471. The molecule has 0 saturated carbocycles. The Morgan fingerprint density at radius 2 is 2.14 bits per heavy atom. The Kier molecular flexibility index (Phi) is 3.26. The molecule has 22 heavy (non-hydrogen) atoms. The largest absolute Gasteiger partial charge is 0.355 e. The van der Waals surface area contributed by atoms with E-state index in [1.807, 2.05) is 0 Å². The van der Waals surface area contributed by atoms with Gasteiger partial charge >= 0.3 is 0 Å². The minimum atomic E-state index is 0.732. The van der Waals surface area contributed by atoms with E-state index in [1.165, 1.54) is 28.5 Å². The van der Waals surface area contributed by atoms with Crippen LogP contribution in [0.25, 0.3) is 20.4 Å². The topological polar surface area (TPSA) is 41.9 Å². The van der Waals surface area contributed by atoms with Gasteiger partial charge in [-0.25, -0.2) is 15.0 Å². The lowest BCUT2D eigenvalue weighted by Crippen LogP contribution is -2.34. The van der Waals surface area contributed by atoms with E-state index in [-0.39, 0.29) is 0 Å². The average Bonchev–Trinajstić information content (AvgIpc) is 2.85. The van der Waals surface area contributed by atoms with Gasteiger partial charge in [-0.05, 0) is 44.2 Å². The number of piperidine rings is 1. The Labute approximate surface area is 134 Å². The SMILES string of the molecule is Cc1cc(C)c2c(n1)sc1c(N3CCCC(C)C3)ncnc12. The van der Waals surface area contributed by atoms with Crippen molar-refractivity contribution in [2.75, 3.05) is 18.0 Å². The lowest BCUT2D eigenvalue weighted by molar-refractivity contribution is 0.445. The lowest BCUT2D eigenvalue weighted by Gasteiger charge is -2.31. The first-order valence-electron chi connectivity index (χ1n) is 7.90. The third-order valence-corrected chi connectivity index (χ3v) is 5.56. The number of aromatic nitrogens is 3. The van der Waals surface area contributed by atoms with E-state index in [0.29, 0.717) is 0 Å². The summed E-state index contributed by atoms with van der Waals surface area (Å²) in [6.45, 7) is 8.70. The number of anilines is 1. The Morgan fingerprint density at radius 3 is 2.95 bits per heavy atom. The van der Waals surface area contributed by atoms with Gasteiger partial charge in [0.05, 0.1) is 10.2 Å². The zero-order valence-corrected chi connectivity index (χ0v) is 14.1. The average molecular weight is 312 g/mol. The van der Waals surface area contributed by atoms with Gasteiger partial charge in [0.25, 0.3) is 0 Å². The second kappa shape index (κ2) is 5.16. The van der Waals surface area contributed by atoms with Crippen LogP contribution in [0.4, 0.5) is 5.82 Å². The van der Waals surface area contributed by atoms with E-state index >= 15 is 0 Å².